The molecule has 0 atom stereocenters. The van der Waals surface area contributed by atoms with E-state index in [0.717, 1.165) is 18.4 Å². The fraction of sp³-hybridized carbons (Fsp3) is 0.250. The van der Waals surface area contributed by atoms with Crippen LogP contribution in [-0.2, 0) is 15.8 Å². The van der Waals surface area contributed by atoms with E-state index < -0.39 is 10.0 Å². The molecule has 3 aromatic rings. The molecule has 0 aliphatic heterocycles. The highest BCUT2D eigenvalue weighted by Gasteiger charge is 2.25. The largest absolute Gasteiger partial charge is 0.367 e. The molecule has 2 aromatic heterocycles. The molecule has 0 bridgehead atoms. The second-order valence-electron chi connectivity index (χ2n) is 5.85. The van der Waals surface area contributed by atoms with E-state index in [0.29, 0.717) is 22.9 Å². The topological polar surface area (TPSA) is 76.9 Å². The van der Waals surface area contributed by atoms with E-state index in [1.165, 1.54) is 10.2 Å². The Morgan fingerprint density at radius 2 is 1.92 bits per heavy atom. The third kappa shape index (κ3) is 2.97. The minimum absolute atomic E-state index is 0.0283. The van der Waals surface area contributed by atoms with Crippen molar-refractivity contribution < 1.29 is 8.42 Å². The van der Waals surface area contributed by atoms with Crippen molar-refractivity contribution in [2.24, 2.45) is 0 Å². The molecule has 2 heterocycles. The molecule has 1 saturated carbocycles. The Morgan fingerprint density at radius 1 is 1.17 bits per heavy atom. The molecule has 0 radical (unpaired) electrons. The molecule has 4 rings (SSSR count). The number of aromatic nitrogens is 3. The lowest BCUT2D eigenvalue weighted by atomic mass is 10.2. The number of nitrogens with zero attached hydrogens (tertiary/aromatic N) is 3. The maximum absolute atomic E-state index is 12.8. The first-order valence-electron chi connectivity index (χ1n) is 7.61. The van der Waals surface area contributed by atoms with Crippen LogP contribution in [0.25, 0.3) is 11.0 Å². The van der Waals surface area contributed by atoms with E-state index >= 15 is 0 Å². The fourth-order valence-electron chi connectivity index (χ4n) is 2.58. The van der Waals surface area contributed by atoms with Crippen LogP contribution < -0.4 is 5.32 Å². The van der Waals surface area contributed by atoms with Gasteiger partial charge in [0.25, 0.3) is 0 Å². The van der Waals surface area contributed by atoms with Gasteiger partial charge in [0.1, 0.15) is 5.82 Å². The molecule has 0 unspecified atom stereocenters. The van der Waals surface area contributed by atoms with Crippen LogP contribution in [0.5, 0.6) is 0 Å². The van der Waals surface area contributed by atoms with Crippen LogP contribution in [-0.4, -0.2) is 28.4 Å². The number of halogens is 1. The zero-order valence-electron chi connectivity index (χ0n) is 12.7. The van der Waals surface area contributed by atoms with E-state index in [2.05, 4.69) is 15.3 Å². The van der Waals surface area contributed by atoms with Crippen molar-refractivity contribution in [2.75, 3.05) is 5.32 Å². The molecule has 0 saturated heterocycles. The minimum Gasteiger partial charge on any atom is -0.367 e. The van der Waals surface area contributed by atoms with Crippen LogP contribution in [0.3, 0.4) is 0 Å². The van der Waals surface area contributed by atoms with Gasteiger partial charge in [-0.15, -0.1) is 0 Å². The third-order valence-corrected chi connectivity index (χ3v) is 5.65. The summed E-state index contributed by atoms with van der Waals surface area (Å²) in [5.41, 5.74) is 1.02. The SMILES string of the molecule is O=S(=O)(Cc1ccccc1)n1ccc2c(NC3CC3)nc(Cl)nc21. The van der Waals surface area contributed by atoms with Gasteiger partial charge in [0, 0.05) is 12.2 Å². The highest BCUT2D eigenvalue weighted by atomic mass is 35.5. The summed E-state index contributed by atoms with van der Waals surface area (Å²) in [4.78, 5) is 8.33. The lowest BCUT2D eigenvalue weighted by molar-refractivity contribution is 0.588. The number of nitrogens with one attached hydrogen (secondary N) is 1. The summed E-state index contributed by atoms with van der Waals surface area (Å²) in [6, 6.07) is 11.1. The zero-order chi connectivity index (χ0) is 16.7. The van der Waals surface area contributed by atoms with Crippen LogP contribution in [0, 0.1) is 0 Å². The van der Waals surface area contributed by atoms with Gasteiger partial charge >= 0.3 is 0 Å². The predicted molar refractivity (Wildman–Crippen MR) is 93.6 cm³/mol. The molecule has 0 spiro atoms. The number of rotatable bonds is 5. The van der Waals surface area contributed by atoms with Crippen molar-refractivity contribution in [1.82, 2.24) is 13.9 Å². The van der Waals surface area contributed by atoms with Gasteiger partial charge in [-0.3, -0.25) is 0 Å². The standard InChI is InChI=1S/C16H15ClN4O2S/c17-16-19-14(18-12-6-7-12)13-8-9-21(15(13)20-16)24(22,23)10-11-4-2-1-3-5-11/h1-5,8-9,12H,6-7,10H2,(H,18,19,20). The summed E-state index contributed by atoms with van der Waals surface area (Å²) in [5, 5.41) is 3.95. The Labute approximate surface area is 144 Å². The maximum atomic E-state index is 12.8. The Balaban J connectivity index is 1.77. The first-order valence-corrected chi connectivity index (χ1v) is 9.60. The van der Waals surface area contributed by atoms with Gasteiger partial charge in [-0.05, 0) is 36.1 Å². The first kappa shape index (κ1) is 15.4. The molecule has 1 aromatic carbocycles. The molecule has 1 N–H and O–H groups in total. The number of fused-ring (bicyclic) bond motifs is 1. The van der Waals surface area contributed by atoms with E-state index in [1.807, 2.05) is 18.2 Å². The molecular weight excluding hydrogens is 348 g/mol. The van der Waals surface area contributed by atoms with Crippen molar-refractivity contribution >= 4 is 38.5 Å². The Kier molecular flexibility index (Phi) is 3.69. The smallest absolute Gasteiger partial charge is 0.244 e. The quantitative estimate of drug-likeness (QED) is 0.706. The van der Waals surface area contributed by atoms with Crippen molar-refractivity contribution in [2.45, 2.75) is 24.6 Å². The predicted octanol–water partition coefficient (Wildman–Crippen LogP) is 3.04. The number of hydrogen-bond donors (Lipinski definition) is 1. The summed E-state index contributed by atoms with van der Waals surface area (Å²) < 4.78 is 26.7. The number of benzene rings is 1. The minimum atomic E-state index is -3.60. The molecule has 1 aliphatic rings. The summed E-state index contributed by atoms with van der Waals surface area (Å²) in [6.45, 7) is 0. The monoisotopic (exact) mass is 362 g/mol. The van der Waals surface area contributed by atoms with Gasteiger partial charge in [0.15, 0.2) is 5.65 Å². The summed E-state index contributed by atoms with van der Waals surface area (Å²) >= 11 is 6.00. The maximum Gasteiger partial charge on any atom is 0.244 e. The van der Waals surface area contributed by atoms with Gasteiger partial charge in [-0.2, -0.15) is 4.98 Å². The Bertz CT molecular complexity index is 998. The number of hydrogen-bond acceptors (Lipinski definition) is 5. The van der Waals surface area contributed by atoms with Gasteiger partial charge in [0.2, 0.25) is 15.3 Å². The van der Waals surface area contributed by atoms with Crippen molar-refractivity contribution in [1.29, 1.82) is 0 Å². The summed E-state index contributed by atoms with van der Waals surface area (Å²) in [6.07, 6.45) is 3.66. The van der Waals surface area contributed by atoms with Crippen molar-refractivity contribution in [3.8, 4) is 0 Å². The lowest BCUT2D eigenvalue weighted by Gasteiger charge is -2.09. The first-order chi connectivity index (χ1) is 11.5. The average molecular weight is 363 g/mol. The lowest BCUT2D eigenvalue weighted by Crippen LogP contribution is -2.15. The Morgan fingerprint density at radius 3 is 2.62 bits per heavy atom. The highest BCUT2D eigenvalue weighted by Crippen LogP contribution is 2.30. The van der Waals surface area contributed by atoms with E-state index in [4.69, 9.17) is 11.6 Å². The van der Waals surface area contributed by atoms with Gasteiger partial charge in [-0.25, -0.2) is 17.4 Å². The highest BCUT2D eigenvalue weighted by molar-refractivity contribution is 7.89. The third-order valence-electron chi connectivity index (χ3n) is 3.89. The van der Waals surface area contributed by atoms with Gasteiger partial charge < -0.3 is 5.32 Å². The molecule has 1 fully saturated rings. The van der Waals surface area contributed by atoms with Gasteiger partial charge in [0.05, 0.1) is 11.1 Å². The van der Waals surface area contributed by atoms with Crippen LogP contribution in [0.2, 0.25) is 5.28 Å². The average Bonchev–Trinajstić information content (AvgIpc) is 3.23. The van der Waals surface area contributed by atoms with Gasteiger partial charge in [-0.1, -0.05) is 30.3 Å². The second-order valence-corrected chi connectivity index (χ2v) is 8.03. The number of anilines is 1. The van der Waals surface area contributed by atoms with E-state index in [-0.39, 0.29) is 11.0 Å². The molecule has 24 heavy (non-hydrogen) atoms. The molecule has 124 valence electrons. The Hall–Kier alpha value is -2.12. The van der Waals surface area contributed by atoms with Crippen LogP contribution in [0.1, 0.15) is 18.4 Å². The fourth-order valence-corrected chi connectivity index (χ4v) is 4.14. The molecule has 8 heteroatoms. The molecule has 6 nitrogen and oxygen atoms in total. The molecule has 0 amide bonds. The van der Waals surface area contributed by atoms with Crippen molar-refractivity contribution in [3.05, 3.63) is 53.4 Å². The van der Waals surface area contributed by atoms with Crippen LogP contribution in [0.15, 0.2) is 42.6 Å². The zero-order valence-corrected chi connectivity index (χ0v) is 14.3. The van der Waals surface area contributed by atoms with E-state index in [9.17, 15) is 8.42 Å². The molecular formula is C16H15ClN4O2S. The second kappa shape index (κ2) is 5.75. The summed E-state index contributed by atoms with van der Waals surface area (Å²) in [5.74, 6) is 0.478. The summed E-state index contributed by atoms with van der Waals surface area (Å²) in [7, 11) is -3.60. The normalized spacial score (nSPS) is 14.9. The van der Waals surface area contributed by atoms with Crippen LogP contribution >= 0.6 is 11.6 Å². The van der Waals surface area contributed by atoms with Crippen molar-refractivity contribution in [3.63, 3.8) is 0 Å². The van der Waals surface area contributed by atoms with Crippen LogP contribution in [0.4, 0.5) is 5.82 Å². The van der Waals surface area contributed by atoms with E-state index in [1.54, 1.807) is 18.2 Å². The molecule has 1 aliphatic carbocycles.